The molecule has 1 fully saturated rings. The van der Waals surface area contributed by atoms with Crippen molar-refractivity contribution in [2.45, 2.75) is 26.3 Å². The molecule has 0 bridgehead atoms. The van der Waals surface area contributed by atoms with E-state index in [1.165, 1.54) is 0 Å². The van der Waals surface area contributed by atoms with Crippen molar-refractivity contribution in [2.24, 2.45) is 7.05 Å². The number of hydrogen-bond acceptors (Lipinski definition) is 4. The van der Waals surface area contributed by atoms with Gasteiger partial charge in [-0.25, -0.2) is 0 Å². The predicted molar refractivity (Wildman–Crippen MR) is 92.6 cm³/mol. The fourth-order valence-electron chi connectivity index (χ4n) is 3.17. The highest BCUT2D eigenvalue weighted by molar-refractivity contribution is 5.95. The highest BCUT2D eigenvalue weighted by atomic mass is 16.2. The largest absolute Gasteiger partial charge is 0.336 e. The summed E-state index contributed by atoms with van der Waals surface area (Å²) in [5.74, 6) is 0.115. The van der Waals surface area contributed by atoms with Crippen molar-refractivity contribution in [2.75, 3.05) is 26.2 Å². The van der Waals surface area contributed by atoms with Gasteiger partial charge in [-0.15, -0.1) is 0 Å². The molecule has 6 nitrogen and oxygen atoms in total. The first-order chi connectivity index (χ1) is 11.7. The van der Waals surface area contributed by atoms with Crippen molar-refractivity contribution < 1.29 is 4.79 Å². The van der Waals surface area contributed by atoms with Crippen LogP contribution in [0.25, 0.3) is 0 Å². The van der Waals surface area contributed by atoms with Crippen LogP contribution in [-0.4, -0.2) is 56.7 Å². The van der Waals surface area contributed by atoms with E-state index in [0.29, 0.717) is 0 Å². The van der Waals surface area contributed by atoms with Crippen LogP contribution in [0, 0.1) is 0 Å². The van der Waals surface area contributed by atoms with Gasteiger partial charge in [-0.1, -0.05) is 19.4 Å². The molecule has 0 atom stereocenters. The number of carbonyl (C=O) groups excluding carboxylic acids is 1. The maximum Gasteiger partial charge on any atom is 0.257 e. The van der Waals surface area contributed by atoms with Gasteiger partial charge in [-0.05, 0) is 18.6 Å². The number of carbonyl (C=O) groups is 1. The molecule has 3 heterocycles. The lowest BCUT2D eigenvalue weighted by Crippen LogP contribution is -2.48. The Morgan fingerprint density at radius 3 is 2.67 bits per heavy atom. The zero-order valence-corrected chi connectivity index (χ0v) is 14.5. The van der Waals surface area contributed by atoms with Crippen LogP contribution in [0.5, 0.6) is 0 Å². The third kappa shape index (κ3) is 3.64. The Bertz CT molecular complexity index is 674. The second kappa shape index (κ2) is 7.57. The number of nitrogens with zero attached hydrogens (tertiary/aromatic N) is 5. The molecule has 1 saturated heterocycles. The Balaban J connectivity index is 1.59. The number of hydrogen-bond donors (Lipinski definition) is 0. The average Bonchev–Trinajstić information content (AvgIpc) is 2.97. The number of amides is 1. The third-order valence-corrected chi connectivity index (χ3v) is 4.55. The molecule has 0 N–H and O–H groups in total. The van der Waals surface area contributed by atoms with Crippen molar-refractivity contribution in [3.05, 3.63) is 47.5 Å². The average molecular weight is 327 g/mol. The molecule has 2 aromatic rings. The molecule has 3 rings (SSSR count). The summed E-state index contributed by atoms with van der Waals surface area (Å²) in [7, 11) is 1.91. The summed E-state index contributed by atoms with van der Waals surface area (Å²) in [5, 5.41) is 4.27. The molecule has 0 aliphatic carbocycles. The summed E-state index contributed by atoms with van der Waals surface area (Å²) in [4.78, 5) is 21.5. The van der Waals surface area contributed by atoms with Gasteiger partial charge in [0.2, 0.25) is 0 Å². The lowest BCUT2D eigenvalue weighted by atomic mass is 10.1. The Hall–Kier alpha value is -2.21. The molecule has 1 aliphatic heterocycles. The van der Waals surface area contributed by atoms with E-state index in [1.54, 1.807) is 6.20 Å². The molecule has 1 amide bonds. The Morgan fingerprint density at radius 1 is 1.21 bits per heavy atom. The van der Waals surface area contributed by atoms with Crippen LogP contribution in [0.1, 0.15) is 35.1 Å². The summed E-state index contributed by atoms with van der Waals surface area (Å²) in [6.07, 6.45) is 5.44. The molecule has 0 spiro atoms. The van der Waals surface area contributed by atoms with Gasteiger partial charge in [0, 0.05) is 46.0 Å². The first kappa shape index (κ1) is 16.6. The summed E-state index contributed by atoms with van der Waals surface area (Å²) < 4.78 is 1.83. The van der Waals surface area contributed by atoms with Gasteiger partial charge in [0.1, 0.15) is 0 Å². The molecular formula is C18H25N5O. The molecule has 1 aliphatic rings. The molecular weight excluding hydrogens is 302 g/mol. The molecule has 0 saturated carbocycles. The lowest BCUT2D eigenvalue weighted by Gasteiger charge is -2.34. The summed E-state index contributed by atoms with van der Waals surface area (Å²) in [6, 6.07) is 5.99. The number of aromatic nitrogens is 3. The van der Waals surface area contributed by atoms with Crippen LogP contribution in [-0.2, 0) is 20.0 Å². The molecule has 24 heavy (non-hydrogen) atoms. The van der Waals surface area contributed by atoms with Crippen molar-refractivity contribution in [1.29, 1.82) is 0 Å². The smallest absolute Gasteiger partial charge is 0.257 e. The van der Waals surface area contributed by atoms with Crippen LogP contribution in [0.3, 0.4) is 0 Å². The van der Waals surface area contributed by atoms with E-state index < -0.39 is 0 Å². The van der Waals surface area contributed by atoms with Crippen molar-refractivity contribution in [3.63, 3.8) is 0 Å². The Kier molecular flexibility index (Phi) is 5.25. The minimum absolute atomic E-state index is 0.115. The predicted octanol–water partition coefficient (Wildman–Crippen LogP) is 1.73. The first-order valence-corrected chi connectivity index (χ1v) is 8.61. The fraction of sp³-hybridized carbons (Fsp3) is 0.500. The van der Waals surface area contributed by atoms with Gasteiger partial charge in [0.05, 0.1) is 23.1 Å². The topological polar surface area (TPSA) is 54.3 Å². The summed E-state index contributed by atoms with van der Waals surface area (Å²) >= 11 is 0. The number of piperazine rings is 1. The quantitative estimate of drug-likeness (QED) is 0.839. The van der Waals surface area contributed by atoms with Gasteiger partial charge in [0.25, 0.3) is 5.91 Å². The number of pyridine rings is 1. The second-order valence-corrected chi connectivity index (χ2v) is 6.27. The lowest BCUT2D eigenvalue weighted by molar-refractivity contribution is 0.0626. The zero-order chi connectivity index (χ0) is 16.9. The SMILES string of the molecule is CCCc1c(C(=O)N2CCN(Cc3ccccn3)CC2)cnn1C. The van der Waals surface area contributed by atoms with E-state index in [-0.39, 0.29) is 5.91 Å². The standard InChI is InChI=1S/C18H25N5O/c1-3-6-17-16(13-20-21(17)2)18(24)23-11-9-22(10-12-23)14-15-7-4-5-8-19-15/h4-5,7-8,13H,3,6,9-12,14H2,1-2H3. The van der Waals surface area contributed by atoms with E-state index in [2.05, 4.69) is 21.9 Å². The van der Waals surface area contributed by atoms with Crippen molar-refractivity contribution in [3.8, 4) is 0 Å². The zero-order valence-electron chi connectivity index (χ0n) is 14.5. The van der Waals surface area contributed by atoms with E-state index in [9.17, 15) is 4.79 Å². The van der Waals surface area contributed by atoms with Gasteiger partial charge in [0.15, 0.2) is 0 Å². The molecule has 6 heteroatoms. The normalized spacial score (nSPS) is 15.7. The highest BCUT2D eigenvalue weighted by Crippen LogP contribution is 2.15. The molecule has 0 radical (unpaired) electrons. The van der Waals surface area contributed by atoms with Crippen LogP contribution >= 0.6 is 0 Å². The highest BCUT2D eigenvalue weighted by Gasteiger charge is 2.25. The Morgan fingerprint density at radius 2 is 2.00 bits per heavy atom. The molecule has 2 aromatic heterocycles. The number of rotatable bonds is 5. The van der Waals surface area contributed by atoms with Crippen LogP contribution in [0.2, 0.25) is 0 Å². The minimum atomic E-state index is 0.115. The fourth-order valence-corrected chi connectivity index (χ4v) is 3.17. The Labute approximate surface area is 143 Å². The monoisotopic (exact) mass is 327 g/mol. The van der Waals surface area contributed by atoms with E-state index in [4.69, 9.17) is 0 Å². The third-order valence-electron chi connectivity index (χ3n) is 4.55. The molecule has 128 valence electrons. The number of aryl methyl sites for hydroxylation is 1. The van der Waals surface area contributed by atoms with Gasteiger partial charge in [-0.3, -0.25) is 19.4 Å². The minimum Gasteiger partial charge on any atom is -0.336 e. The molecule has 0 aromatic carbocycles. The second-order valence-electron chi connectivity index (χ2n) is 6.27. The van der Waals surface area contributed by atoms with E-state index in [1.807, 2.05) is 41.0 Å². The van der Waals surface area contributed by atoms with Crippen molar-refractivity contribution >= 4 is 5.91 Å². The summed E-state index contributed by atoms with van der Waals surface area (Å²) in [6.45, 7) is 6.24. The van der Waals surface area contributed by atoms with E-state index in [0.717, 1.165) is 62.5 Å². The van der Waals surface area contributed by atoms with Gasteiger partial charge >= 0.3 is 0 Å². The van der Waals surface area contributed by atoms with Crippen LogP contribution in [0.4, 0.5) is 0 Å². The summed E-state index contributed by atoms with van der Waals surface area (Å²) in [5.41, 5.74) is 2.88. The molecule has 0 unspecified atom stereocenters. The van der Waals surface area contributed by atoms with Gasteiger partial charge in [-0.2, -0.15) is 5.10 Å². The maximum absolute atomic E-state index is 12.8. The van der Waals surface area contributed by atoms with Crippen LogP contribution in [0.15, 0.2) is 30.6 Å². The maximum atomic E-state index is 12.8. The van der Waals surface area contributed by atoms with Crippen LogP contribution < -0.4 is 0 Å². The van der Waals surface area contributed by atoms with Crippen molar-refractivity contribution in [1.82, 2.24) is 24.6 Å². The van der Waals surface area contributed by atoms with Gasteiger partial charge < -0.3 is 4.90 Å². The van der Waals surface area contributed by atoms with E-state index >= 15 is 0 Å². The first-order valence-electron chi connectivity index (χ1n) is 8.61.